The predicted molar refractivity (Wildman–Crippen MR) is 115 cm³/mol. The summed E-state index contributed by atoms with van der Waals surface area (Å²) in [6, 6.07) is 6.81. The summed E-state index contributed by atoms with van der Waals surface area (Å²) in [5.74, 6) is -1.06. The molecule has 0 amide bonds. The number of aromatic nitrogens is 2. The fraction of sp³-hybridized carbons (Fsp3) is 0.364. The monoisotopic (exact) mass is 449 g/mol. The summed E-state index contributed by atoms with van der Waals surface area (Å²) < 4.78 is 39.8. The van der Waals surface area contributed by atoms with Gasteiger partial charge < -0.3 is 19.4 Å². The van der Waals surface area contributed by atoms with Crippen molar-refractivity contribution in [3.8, 4) is 11.5 Å². The highest BCUT2D eigenvalue weighted by Gasteiger charge is 2.28. The summed E-state index contributed by atoms with van der Waals surface area (Å²) in [6.07, 6.45) is 5.29. The molecule has 0 radical (unpaired) electrons. The summed E-state index contributed by atoms with van der Waals surface area (Å²) in [5.41, 5.74) is 0.427. The SMILES string of the molecule is Cl.O=c1c(Oc2ccc(F)cc2F)cc2cnc(NC3CCOCC3)cc2n1C1CC1. The lowest BCUT2D eigenvalue weighted by Gasteiger charge is -2.24. The smallest absolute Gasteiger partial charge is 0.294 e. The number of rotatable bonds is 5. The molecular weight excluding hydrogens is 428 g/mol. The molecule has 0 bridgehead atoms. The Labute approximate surface area is 183 Å². The molecule has 0 atom stereocenters. The Hall–Kier alpha value is -2.71. The molecule has 2 fully saturated rings. The first-order valence-corrected chi connectivity index (χ1v) is 10.1. The van der Waals surface area contributed by atoms with Crippen LogP contribution in [-0.4, -0.2) is 28.8 Å². The summed E-state index contributed by atoms with van der Waals surface area (Å²) in [6.45, 7) is 1.44. The van der Waals surface area contributed by atoms with Crippen LogP contribution in [0.5, 0.6) is 11.5 Å². The van der Waals surface area contributed by atoms with E-state index >= 15 is 0 Å². The Morgan fingerprint density at radius 3 is 2.55 bits per heavy atom. The Morgan fingerprint density at radius 2 is 1.84 bits per heavy atom. The number of benzene rings is 1. The van der Waals surface area contributed by atoms with Gasteiger partial charge in [-0.1, -0.05) is 0 Å². The standard InChI is InChI=1S/C22H21F2N3O3.ClH/c23-14-1-4-19(17(24)10-14)30-20-9-13-12-25-21(26-15-5-7-29-8-6-15)11-18(13)27(22(20)28)16-2-3-16;/h1,4,9-12,15-16H,2-3,5-8H2,(H,25,26);1H. The minimum Gasteiger partial charge on any atom is -0.448 e. The van der Waals surface area contributed by atoms with Crippen LogP contribution in [-0.2, 0) is 4.74 Å². The molecule has 0 spiro atoms. The van der Waals surface area contributed by atoms with Crippen molar-refractivity contribution in [1.29, 1.82) is 0 Å². The van der Waals surface area contributed by atoms with E-state index in [0.29, 0.717) is 5.82 Å². The van der Waals surface area contributed by atoms with E-state index in [1.807, 2.05) is 6.07 Å². The molecule has 31 heavy (non-hydrogen) atoms. The molecule has 2 aromatic heterocycles. The third kappa shape index (κ3) is 4.50. The molecule has 0 unspecified atom stereocenters. The lowest BCUT2D eigenvalue weighted by atomic mass is 10.1. The molecule has 1 saturated carbocycles. The summed E-state index contributed by atoms with van der Waals surface area (Å²) in [5, 5.41) is 4.14. The lowest BCUT2D eigenvalue weighted by Crippen LogP contribution is -2.28. The Balaban J connectivity index is 0.00000231. The number of hydrogen-bond acceptors (Lipinski definition) is 5. The average molecular weight is 450 g/mol. The topological polar surface area (TPSA) is 65.4 Å². The summed E-state index contributed by atoms with van der Waals surface area (Å²) >= 11 is 0. The number of fused-ring (bicyclic) bond motifs is 1. The van der Waals surface area contributed by atoms with Gasteiger partial charge in [0.15, 0.2) is 17.3 Å². The van der Waals surface area contributed by atoms with Gasteiger partial charge in [-0.15, -0.1) is 12.4 Å². The van der Waals surface area contributed by atoms with E-state index in [0.717, 1.165) is 61.9 Å². The fourth-order valence-electron chi connectivity index (χ4n) is 3.78. The largest absolute Gasteiger partial charge is 0.448 e. The summed E-state index contributed by atoms with van der Waals surface area (Å²) in [4.78, 5) is 17.6. The molecule has 3 heterocycles. The number of nitrogens with one attached hydrogen (secondary N) is 1. The molecule has 1 aliphatic carbocycles. The highest BCUT2D eigenvalue weighted by molar-refractivity contribution is 5.85. The van der Waals surface area contributed by atoms with Crippen molar-refractivity contribution < 1.29 is 18.3 Å². The second-order valence-corrected chi connectivity index (χ2v) is 7.75. The molecule has 2 aliphatic rings. The molecule has 1 saturated heterocycles. The number of anilines is 1. The van der Waals surface area contributed by atoms with Crippen LogP contribution in [0.15, 0.2) is 41.3 Å². The van der Waals surface area contributed by atoms with Crippen LogP contribution in [0.1, 0.15) is 31.7 Å². The normalized spacial score (nSPS) is 16.7. The van der Waals surface area contributed by atoms with Crippen LogP contribution < -0.4 is 15.6 Å². The van der Waals surface area contributed by atoms with Crippen molar-refractivity contribution in [3.05, 3.63) is 58.5 Å². The van der Waals surface area contributed by atoms with Gasteiger partial charge in [0.25, 0.3) is 5.56 Å². The Kier molecular flexibility index (Phi) is 6.11. The van der Waals surface area contributed by atoms with E-state index in [2.05, 4.69) is 10.3 Å². The van der Waals surface area contributed by atoms with E-state index < -0.39 is 11.6 Å². The van der Waals surface area contributed by atoms with Gasteiger partial charge in [-0.3, -0.25) is 4.79 Å². The van der Waals surface area contributed by atoms with Crippen molar-refractivity contribution in [1.82, 2.24) is 9.55 Å². The van der Waals surface area contributed by atoms with Crippen LogP contribution in [0.3, 0.4) is 0 Å². The predicted octanol–water partition coefficient (Wildman–Crippen LogP) is 4.81. The van der Waals surface area contributed by atoms with Gasteiger partial charge in [-0.05, 0) is 43.9 Å². The third-order valence-corrected chi connectivity index (χ3v) is 5.49. The van der Waals surface area contributed by atoms with E-state index in [-0.39, 0.29) is 41.5 Å². The van der Waals surface area contributed by atoms with Crippen molar-refractivity contribution in [2.45, 2.75) is 37.8 Å². The molecule has 6 nitrogen and oxygen atoms in total. The van der Waals surface area contributed by atoms with Crippen LogP contribution in [0.4, 0.5) is 14.6 Å². The maximum atomic E-state index is 14.0. The lowest BCUT2D eigenvalue weighted by molar-refractivity contribution is 0.0904. The molecule has 1 aliphatic heterocycles. The quantitative estimate of drug-likeness (QED) is 0.605. The van der Waals surface area contributed by atoms with Crippen LogP contribution in [0, 0.1) is 11.6 Å². The summed E-state index contributed by atoms with van der Waals surface area (Å²) in [7, 11) is 0. The average Bonchev–Trinajstić information content (AvgIpc) is 3.56. The van der Waals surface area contributed by atoms with Gasteiger partial charge in [0, 0.05) is 49.0 Å². The second kappa shape index (κ2) is 8.80. The fourth-order valence-corrected chi connectivity index (χ4v) is 3.78. The highest BCUT2D eigenvalue weighted by Crippen LogP contribution is 2.37. The first-order valence-electron chi connectivity index (χ1n) is 10.1. The van der Waals surface area contributed by atoms with E-state index in [9.17, 15) is 13.6 Å². The Morgan fingerprint density at radius 1 is 1.06 bits per heavy atom. The zero-order valence-corrected chi connectivity index (χ0v) is 17.5. The molecule has 9 heteroatoms. The van der Waals surface area contributed by atoms with E-state index in [1.54, 1.807) is 16.8 Å². The molecular formula is C22H22ClF2N3O3. The van der Waals surface area contributed by atoms with Gasteiger partial charge in [-0.25, -0.2) is 13.8 Å². The minimum atomic E-state index is -0.860. The van der Waals surface area contributed by atoms with Crippen molar-refractivity contribution in [2.75, 3.05) is 18.5 Å². The molecule has 1 N–H and O–H groups in total. The minimum absolute atomic E-state index is 0. The number of ether oxygens (including phenoxy) is 2. The van der Waals surface area contributed by atoms with Gasteiger partial charge in [0.05, 0.1) is 5.52 Å². The maximum absolute atomic E-state index is 14.0. The zero-order chi connectivity index (χ0) is 20.7. The third-order valence-electron chi connectivity index (χ3n) is 5.49. The van der Waals surface area contributed by atoms with E-state index in [4.69, 9.17) is 9.47 Å². The zero-order valence-electron chi connectivity index (χ0n) is 16.6. The number of pyridine rings is 2. The van der Waals surface area contributed by atoms with E-state index in [1.165, 1.54) is 6.07 Å². The van der Waals surface area contributed by atoms with Gasteiger partial charge in [0.1, 0.15) is 11.6 Å². The van der Waals surface area contributed by atoms with Gasteiger partial charge in [-0.2, -0.15) is 0 Å². The number of halogens is 3. The number of hydrogen-bond donors (Lipinski definition) is 1. The molecule has 1 aromatic carbocycles. The molecule has 5 rings (SSSR count). The second-order valence-electron chi connectivity index (χ2n) is 7.75. The highest BCUT2D eigenvalue weighted by atomic mass is 35.5. The Bertz CT molecular complexity index is 1160. The van der Waals surface area contributed by atoms with Crippen molar-refractivity contribution in [2.24, 2.45) is 0 Å². The molecule has 3 aromatic rings. The van der Waals surface area contributed by atoms with Gasteiger partial charge in [0.2, 0.25) is 0 Å². The van der Waals surface area contributed by atoms with Crippen molar-refractivity contribution >= 4 is 29.1 Å². The van der Waals surface area contributed by atoms with Crippen LogP contribution in [0.2, 0.25) is 0 Å². The van der Waals surface area contributed by atoms with Crippen molar-refractivity contribution in [3.63, 3.8) is 0 Å². The maximum Gasteiger partial charge on any atom is 0.294 e. The van der Waals surface area contributed by atoms with Crippen LogP contribution in [0.25, 0.3) is 10.9 Å². The van der Waals surface area contributed by atoms with Crippen LogP contribution >= 0.6 is 12.4 Å². The number of nitrogens with zero attached hydrogens (tertiary/aromatic N) is 2. The first kappa shape index (κ1) is 21.5. The molecule has 164 valence electrons. The van der Waals surface area contributed by atoms with Gasteiger partial charge >= 0.3 is 0 Å². The first-order chi connectivity index (χ1) is 14.6.